The predicted molar refractivity (Wildman–Crippen MR) is 104 cm³/mol. The smallest absolute Gasteiger partial charge is 0.237 e. The van der Waals surface area contributed by atoms with E-state index in [4.69, 9.17) is 4.74 Å². The molecule has 2 atom stereocenters. The van der Waals surface area contributed by atoms with E-state index in [0.717, 1.165) is 52.5 Å². The summed E-state index contributed by atoms with van der Waals surface area (Å²) in [5.74, 6) is -0.0711. The Bertz CT molecular complexity index is 769. The number of carbonyl (C=O) groups excluding carboxylic acids is 1. The van der Waals surface area contributed by atoms with Crippen LogP contribution in [-0.2, 0) is 16.6 Å². The van der Waals surface area contributed by atoms with Crippen LogP contribution in [0.5, 0.6) is 0 Å². The van der Waals surface area contributed by atoms with Crippen molar-refractivity contribution in [3.8, 4) is 0 Å². The largest absolute Gasteiger partial charge is 0.376 e. The third kappa shape index (κ3) is 4.54. The summed E-state index contributed by atoms with van der Waals surface area (Å²) in [4.78, 5) is 12.5. The van der Waals surface area contributed by atoms with Gasteiger partial charge < -0.3 is 15.4 Å². The Hall–Kier alpha value is -1.65. The first-order chi connectivity index (χ1) is 12.4. The summed E-state index contributed by atoms with van der Waals surface area (Å²) >= 11 is 2.86. The van der Waals surface area contributed by atoms with E-state index in [1.807, 2.05) is 27.8 Å². The average Bonchev–Trinajstić information content (AvgIpc) is 3.32. The molecule has 1 aliphatic rings. The Kier molecular flexibility index (Phi) is 6.15. The number of aromatic nitrogens is 4. The molecule has 8 nitrogen and oxygen atoms in total. The second-order valence-electron chi connectivity index (χ2n) is 6.31. The van der Waals surface area contributed by atoms with Gasteiger partial charge in [0.15, 0.2) is 4.34 Å². The van der Waals surface area contributed by atoms with Gasteiger partial charge in [0.1, 0.15) is 0 Å². The summed E-state index contributed by atoms with van der Waals surface area (Å²) < 4.78 is 8.11. The van der Waals surface area contributed by atoms with E-state index in [-0.39, 0.29) is 17.3 Å². The van der Waals surface area contributed by atoms with Crippen LogP contribution >= 0.6 is 23.1 Å². The van der Waals surface area contributed by atoms with Crippen molar-refractivity contribution in [1.82, 2.24) is 20.0 Å². The standard InChI is InChI=1S/C16H24N6O2S2/c1-9-13(10(2)22(4)21-9)18-14(23)11(3)25-16-20-19-15(26-16)17-8-12-6-5-7-24-12/h11-12H,5-8H2,1-4H3,(H,17,19)(H,18,23)/t11-,12+/m1/s1. The molecular weight excluding hydrogens is 372 g/mol. The average molecular weight is 397 g/mol. The van der Waals surface area contributed by atoms with Crippen LogP contribution in [-0.4, -0.2) is 50.4 Å². The Balaban J connectivity index is 1.52. The third-order valence-electron chi connectivity index (χ3n) is 4.32. The van der Waals surface area contributed by atoms with Crippen molar-refractivity contribution in [2.24, 2.45) is 7.05 Å². The molecule has 0 aromatic carbocycles. The third-order valence-corrected chi connectivity index (χ3v) is 6.38. The van der Waals surface area contributed by atoms with Crippen LogP contribution in [0.4, 0.5) is 10.8 Å². The van der Waals surface area contributed by atoms with Crippen LogP contribution in [0.3, 0.4) is 0 Å². The quantitative estimate of drug-likeness (QED) is 0.695. The Morgan fingerprint density at radius 2 is 2.27 bits per heavy atom. The number of rotatable bonds is 7. The predicted octanol–water partition coefficient (Wildman–Crippen LogP) is 2.60. The van der Waals surface area contributed by atoms with Gasteiger partial charge in [-0.1, -0.05) is 23.1 Å². The highest BCUT2D eigenvalue weighted by Crippen LogP contribution is 2.30. The van der Waals surface area contributed by atoms with Crippen molar-refractivity contribution < 1.29 is 9.53 Å². The summed E-state index contributed by atoms with van der Waals surface area (Å²) in [5, 5.41) is 19.3. The molecule has 0 radical (unpaired) electrons. The fourth-order valence-corrected chi connectivity index (χ4v) is 4.62. The molecule has 0 spiro atoms. The molecular formula is C16H24N6O2S2. The first kappa shape index (κ1) is 19.1. The number of anilines is 2. The Morgan fingerprint density at radius 3 is 2.92 bits per heavy atom. The van der Waals surface area contributed by atoms with E-state index < -0.39 is 0 Å². The van der Waals surface area contributed by atoms with Gasteiger partial charge in [-0.3, -0.25) is 9.48 Å². The molecule has 3 heterocycles. The topological polar surface area (TPSA) is 94.0 Å². The van der Waals surface area contributed by atoms with E-state index in [1.54, 1.807) is 4.68 Å². The van der Waals surface area contributed by atoms with Crippen LogP contribution in [0, 0.1) is 13.8 Å². The lowest BCUT2D eigenvalue weighted by Gasteiger charge is -2.10. The number of aryl methyl sites for hydroxylation is 2. The molecule has 0 saturated carbocycles. The molecule has 2 aromatic rings. The fourth-order valence-electron chi connectivity index (χ4n) is 2.72. The number of hydrogen-bond donors (Lipinski definition) is 2. The lowest BCUT2D eigenvalue weighted by molar-refractivity contribution is -0.115. The maximum Gasteiger partial charge on any atom is 0.237 e. The molecule has 1 aliphatic heterocycles. The van der Waals surface area contributed by atoms with Crippen LogP contribution < -0.4 is 10.6 Å². The van der Waals surface area contributed by atoms with Gasteiger partial charge in [-0.05, 0) is 33.6 Å². The van der Waals surface area contributed by atoms with Gasteiger partial charge in [0, 0.05) is 20.2 Å². The minimum atomic E-state index is -0.284. The number of nitrogens with one attached hydrogen (secondary N) is 2. The van der Waals surface area contributed by atoms with Crippen LogP contribution in [0.15, 0.2) is 4.34 Å². The number of ether oxygens (including phenoxy) is 1. The van der Waals surface area contributed by atoms with Crippen LogP contribution in [0.25, 0.3) is 0 Å². The summed E-state index contributed by atoms with van der Waals surface area (Å²) in [6.45, 7) is 7.27. The molecule has 142 valence electrons. The minimum absolute atomic E-state index is 0.0711. The SMILES string of the molecule is Cc1nn(C)c(C)c1NC(=O)[C@@H](C)Sc1nnc(NC[C@@H]2CCCO2)s1. The molecule has 0 unspecified atom stereocenters. The van der Waals surface area contributed by atoms with Gasteiger partial charge in [0.2, 0.25) is 11.0 Å². The van der Waals surface area contributed by atoms with Crippen molar-refractivity contribution in [1.29, 1.82) is 0 Å². The molecule has 26 heavy (non-hydrogen) atoms. The second kappa shape index (κ2) is 8.36. The van der Waals surface area contributed by atoms with Gasteiger partial charge in [0.25, 0.3) is 0 Å². The fraction of sp³-hybridized carbons (Fsp3) is 0.625. The number of amides is 1. The molecule has 10 heteroatoms. The number of thioether (sulfide) groups is 1. The van der Waals surface area contributed by atoms with Gasteiger partial charge in [-0.15, -0.1) is 10.2 Å². The van der Waals surface area contributed by atoms with Crippen LogP contribution in [0.2, 0.25) is 0 Å². The van der Waals surface area contributed by atoms with Crippen molar-refractivity contribution >= 4 is 39.8 Å². The monoisotopic (exact) mass is 396 g/mol. The van der Waals surface area contributed by atoms with E-state index in [0.29, 0.717) is 0 Å². The maximum atomic E-state index is 12.5. The number of hydrogen-bond acceptors (Lipinski definition) is 8. The number of nitrogens with zero attached hydrogens (tertiary/aromatic N) is 4. The summed E-state index contributed by atoms with van der Waals surface area (Å²) in [6.07, 6.45) is 2.45. The summed E-state index contributed by atoms with van der Waals surface area (Å²) in [7, 11) is 1.86. The van der Waals surface area contributed by atoms with E-state index in [9.17, 15) is 4.79 Å². The molecule has 3 rings (SSSR count). The zero-order chi connectivity index (χ0) is 18.7. The van der Waals surface area contributed by atoms with Crippen molar-refractivity contribution in [2.45, 2.75) is 49.3 Å². The molecule has 1 amide bonds. The molecule has 1 fully saturated rings. The zero-order valence-corrected chi connectivity index (χ0v) is 17.0. The van der Waals surface area contributed by atoms with Crippen molar-refractivity contribution in [2.75, 3.05) is 23.8 Å². The molecule has 2 aromatic heterocycles. The zero-order valence-electron chi connectivity index (χ0n) is 15.4. The minimum Gasteiger partial charge on any atom is -0.376 e. The second-order valence-corrected chi connectivity index (χ2v) is 8.87. The molecule has 2 N–H and O–H groups in total. The maximum absolute atomic E-state index is 12.5. The van der Waals surface area contributed by atoms with E-state index in [1.165, 1.54) is 23.1 Å². The van der Waals surface area contributed by atoms with Crippen molar-refractivity contribution in [3.63, 3.8) is 0 Å². The summed E-state index contributed by atoms with van der Waals surface area (Å²) in [5.41, 5.74) is 2.53. The van der Waals surface area contributed by atoms with Gasteiger partial charge in [-0.25, -0.2) is 0 Å². The van der Waals surface area contributed by atoms with E-state index >= 15 is 0 Å². The lowest BCUT2D eigenvalue weighted by Crippen LogP contribution is -2.23. The highest BCUT2D eigenvalue weighted by Gasteiger charge is 2.21. The Morgan fingerprint density at radius 1 is 1.46 bits per heavy atom. The number of carbonyl (C=O) groups is 1. The first-order valence-corrected chi connectivity index (χ1v) is 10.3. The highest BCUT2D eigenvalue weighted by molar-refractivity contribution is 8.02. The highest BCUT2D eigenvalue weighted by atomic mass is 32.2. The molecule has 1 saturated heterocycles. The van der Waals surface area contributed by atoms with Gasteiger partial charge >= 0.3 is 0 Å². The normalized spacial score (nSPS) is 18.1. The van der Waals surface area contributed by atoms with Crippen LogP contribution in [0.1, 0.15) is 31.2 Å². The summed E-state index contributed by atoms with van der Waals surface area (Å²) in [6, 6.07) is 0. The van der Waals surface area contributed by atoms with Gasteiger partial charge in [0.05, 0.1) is 28.4 Å². The van der Waals surface area contributed by atoms with Crippen molar-refractivity contribution in [3.05, 3.63) is 11.4 Å². The Labute approximate surface area is 161 Å². The first-order valence-electron chi connectivity index (χ1n) is 8.60. The van der Waals surface area contributed by atoms with Gasteiger partial charge in [-0.2, -0.15) is 5.10 Å². The lowest BCUT2D eigenvalue weighted by atomic mass is 10.2. The molecule has 0 aliphatic carbocycles. The molecule has 0 bridgehead atoms. The van der Waals surface area contributed by atoms with E-state index in [2.05, 4.69) is 25.9 Å².